The van der Waals surface area contributed by atoms with Gasteiger partial charge in [0.15, 0.2) is 0 Å². The highest BCUT2D eigenvalue weighted by molar-refractivity contribution is 5.78. The lowest BCUT2D eigenvalue weighted by Gasteiger charge is -2.37. The number of rotatable bonds is 9. The highest BCUT2D eigenvalue weighted by atomic mass is 19.4. The maximum atomic E-state index is 12.2. The number of ketones is 1. The molecule has 0 N–H and O–H groups in total. The molecule has 2 aliphatic rings. The van der Waals surface area contributed by atoms with Gasteiger partial charge in [0.2, 0.25) is 0 Å². The third-order valence-electron chi connectivity index (χ3n) is 7.36. The second kappa shape index (κ2) is 11.9. The summed E-state index contributed by atoms with van der Waals surface area (Å²) in [5.74, 6) is 0.614. The summed E-state index contributed by atoms with van der Waals surface area (Å²) in [6.45, 7) is 7.00. The van der Waals surface area contributed by atoms with E-state index in [9.17, 15) is 23.2 Å². The van der Waals surface area contributed by atoms with Crippen molar-refractivity contribution in [1.82, 2.24) is 4.90 Å². The van der Waals surface area contributed by atoms with Gasteiger partial charge in [0.25, 0.3) is 0 Å². The largest absolute Gasteiger partial charge is 0.395 e. The van der Waals surface area contributed by atoms with Crippen LogP contribution in [-0.2, 0) is 4.79 Å². The molecule has 3 rings (SSSR count). The fraction of sp³-hybridized carbons (Fsp3) is 0.692. The van der Waals surface area contributed by atoms with Crippen LogP contribution in [-0.4, -0.2) is 49.6 Å². The number of anilines is 1. The molecule has 0 amide bonds. The van der Waals surface area contributed by atoms with Gasteiger partial charge in [-0.05, 0) is 49.8 Å². The molecule has 0 atom stereocenters. The van der Waals surface area contributed by atoms with Crippen LogP contribution in [0.2, 0.25) is 0 Å². The Morgan fingerprint density at radius 1 is 1.06 bits per heavy atom. The van der Waals surface area contributed by atoms with Gasteiger partial charge in [-0.3, -0.25) is 9.69 Å². The van der Waals surface area contributed by atoms with Crippen LogP contribution in [0, 0.1) is 30.1 Å². The van der Waals surface area contributed by atoms with E-state index in [4.69, 9.17) is 0 Å². The average Bonchev–Trinajstić information content (AvgIpc) is 2.77. The maximum absolute atomic E-state index is 12.2. The Bertz CT molecular complexity index is 817. The summed E-state index contributed by atoms with van der Waals surface area (Å²) in [5, 5.41) is 9.50. The first kappa shape index (κ1) is 25.6. The van der Waals surface area contributed by atoms with Crippen molar-refractivity contribution < 1.29 is 18.0 Å². The van der Waals surface area contributed by atoms with Gasteiger partial charge in [0, 0.05) is 32.6 Å². The Labute approximate surface area is 195 Å². The monoisotopic (exact) mass is 463 g/mol. The molecule has 1 heterocycles. The number of hydrogen-bond donors (Lipinski definition) is 0. The van der Waals surface area contributed by atoms with Gasteiger partial charge >= 0.3 is 6.18 Å². The lowest BCUT2D eigenvalue weighted by molar-refractivity contribution is -0.152. The van der Waals surface area contributed by atoms with Crippen molar-refractivity contribution in [3.8, 4) is 6.07 Å². The molecule has 0 unspecified atom stereocenters. The number of nitriles is 1. The van der Waals surface area contributed by atoms with Crippen molar-refractivity contribution in [2.75, 3.05) is 37.6 Å². The smallest absolute Gasteiger partial charge is 0.368 e. The third-order valence-corrected chi connectivity index (χ3v) is 7.36. The van der Waals surface area contributed by atoms with Crippen molar-refractivity contribution in [3.63, 3.8) is 0 Å². The second-order valence-corrected chi connectivity index (χ2v) is 9.81. The standard InChI is InChI=1S/C26H36F3N3O/c1-20-4-2-7-25(24(20)19-30)32-16-14-31(15-17-32)13-12-22-10-8-21(9-11-22)5-3-6-23(33)18-26(27,28)29/h2,4,7,21-22H,3,5-6,8-18H2,1H3. The number of hydrogen-bond acceptors (Lipinski definition) is 4. The van der Waals surface area contributed by atoms with E-state index < -0.39 is 18.4 Å². The maximum Gasteiger partial charge on any atom is 0.395 e. The number of carbonyl (C=O) groups is 1. The Morgan fingerprint density at radius 3 is 2.30 bits per heavy atom. The second-order valence-electron chi connectivity index (χ2n) is 9.81. The Kier molecular flexibility index (Phi) is 9.19. The van der Waals surface area contributed by atoms with E-state index in [1.165, 1.54) is 19.3 Å². The minimum absolute atomic E-state index is 0.0594. The molecule has 0 radical (unpaired) electrons. The first-order valence-corrected chi connectivity index (χ1v) is 12.3. The van der Waals surface area contributed by atoms with E-state index in [2.05, 4.69) is 15.9 Å². The molecule has 1 aliphatic heterocycles. The molecular formula is C26H36F3N3O. The Hall–Kier alpha value is -2.07. The topological polar surface area (TPSA) is 47.3 Å². The molecule has 1 aromatic carbocycles. The number of benzene rings is 1. The van der Waals surface area contributed by atoms with Crippen molar-refractivity contribution in [2.24, 2.45) is 11.8 Å². The minimum atomic E-state index is -4.37. The molecule has 0 aromatic heterocycles. The van der Waals surface area contributed by atoms with E-state index in [-0.39, 0.29) is 6.42 Å². The van der Waals surface area contributed by atoms with Gasteiger partial charge in [-0.25, -0.2) is 0 Å². The molecule has 1 aromatic rings. The summed E-state index contributed by atoms with van der Waals surface area (Å²) >= 11 is 0. The van der Waals surface area contributed by atoms with Crippen molar-refractivity contribution in [1.29, 1.82) is 5.26 Å². The summed E-state index contributed by atoms with van der Waals surface area (Å²) in [4.78, 5) is 16.2. The molecular weight excluding hydrogens is 427 g/mol. The van der Waals surface area contributed by atoms with E-state index in [0.717, 1.165) is 74.7 Å². The molecule has 0 bridgehead atoms. The van der Waals surface area contributed by atoms with Crippen LogP contribution in [0.1, 0.15) is 68.9 Å². The van der Waals surface area contributed by atoms with Crippen LogP contribution < -0.4 is 4.90 Å². The average molecular weight is 464 g/mol. The highest BCUT2D eigenvalue weighted by Gasteiger charge is 2.31. The summed E-state index contributed by atoms with van der Waals surface area (Å²) in [6, 6.07) is 8.41. The molecule has 182 valence electrons. The number of halogens is 3. The van der Waals surface area contributed by atoms with Gasteiger partial charge in [-0.15, -0.1) is 0 Å². The predicted molar refractivity (Wildman–Crippen MR) is 124 cm³/mol. The van der Waals surface area contributed by atoms with E-state index >= 15 is 0 Å². The molecule has 33 heavy (non-hydrogen) atoms. The number of Topliss-reactive ketones (excluding diaryl/α,β-unsaturated/α-hetero) is 1. The predicted octanol–water partition coefficient (Wildman–Crippen LogP) is 5.88. The van der Waals surface area contributed by atoms with Gasteiger partial charge in [0.05, 0.1) is 11.3 Å². The van der Waals surface area contributed by atoms with E-state index in [0.29, 0.717) is 12.3 Å². The number of alkyl halides is 3. The van der Waals surface area contributed by atoms with Gasteiger partial charge in [-0.2, -0.15) is 18.4 Å². The van der Waals surface area contributed by atoms with Crippen LogP contribution in [0.3, 0.4) is 0 Å². The third kappa shape index (κ3) is 8.03. The summed E-state index contributed by atoms with van der Waals surface area (Å²) < 4.78 is 36.7. The van der Waals surface area contributed by atoms with Crippen LogP contribution in [0.15, 0.2) is 18.2 Å². The van der Waals surface area contributed by atoms with Crippen molar-refractivity contribution in [3.05, 3.63) is 29.3 Å². The normalized spacial score (nSPS) is 22.2. The number of aryl methyl sites for hydroxylation is 1. The fourth-order valence-corrected chi connectivity index (χ4v) is 5.35. The minimum Gasteiger partial charge on any atom is -0.368 e. The van der Waals surface area contributed by atoms with Gasteiger partial charge in [-0.1, -0.05) is 44.2 Å². The first-order valence-electron chi connectivity index (χ1n) is 12.3. The zero-order valence-corrected chi connectivity index (χ0v) is 19.7. The SMILES string of the molecule is Cc1cccc(N2CCN(CCC3CCC(CCCC(=O)CC(F)(F)F)CC3)CC2)c1C#N. The molecule has 2 fully saturated rings. The number of nitrogens with zero attached hydrogens (tertiary/aromatic N) is 3. The zero-order chi connectivity index (χ0) is 23.8. The molecule has 1 saturated heterocycles. The Balaban J connectivity index is 1.30. The summed E-state index contributed by atoms with van der Waals surface area (Å²) in [7, 11) is 0. The summed E-state index contributed by atoms with van der Waals surface area (Å²) in [5.41, 5.74) is 2.86. The van der Waals surface area contributed by atoms with Crippen molar-refractivity contribution in [2.45, 2.75) is 70.9 Å². The van der Waals surface area contributed by atoms with E-state index in [1.807, 2.05) is 25.1 Å². The van der Waals surface area contributed by atoms with Crippen LogP contribution in [0.25, 0.3) is 0 Å². The number of piperazine rings is 1. The zero-order valence-electron chi connectivity index (χ0n) is 19.7. The lowest BCUT2D eigenvalue weighted by Crippen LogP contribution is -2.47. The molecule has 1 aliphatic carbocycles. The van der Waals surface area contributed by atoms with Gasteiger partial charge in [0.1, 0.15) is 18.3 Å². The highest BCUT2D eigenvalue weighted by Crippen LogP contribution is 2.34. The van der Waals surface area contributed by atoms with Crippen LogP contribution in [0.4, 0.5) is 18.9 Å². The van der Waals surface area contributed by atoms with E-state index in [1.54, 1.807) is 0 Å². The lowest BCUT2D eigenvalue weighted by atomic mass is 9.78. The van der Waals surface area contributed by atoms with Crippen LogP contribution in [0.5, 0.6) is 0 Å². The molecule has 0 spiro atoms. The molecule has 1 saturated carbocycles. The molecule has 4 nitrogen and oxygen atoms in total. The molecule has 7 heteroatoms. The fourth-order valence-electron chi connectivity index (χ4n) is 5.35. The summed E-state index contributed by atoms with van der Waals surface area (Å²) in [6.07, 6.45) is 1.72. The first-order chi connectivity index (χ1) is 15.7. The Morgan fingerprint density at radius 2 is 1.70 bits per heavy atom. The number of carbonyl (C=O) groups excluding carboxylic acids is 1. The van der Waals surface area contributed by atoms with Gasteiger partial charge < -0.3 is 4.90 Å². The van der Waals surface area contributed by atoms with Crippen LogP contribution >= 0.6 is 0 Å². The quantitative estimate of drug-likeness (QED) is 0.459. The van der Waals surface area contributed by atoms with Crippen molar-refractivity contribution >= 4 is 11.5 Å².